The zero-order chi connectivity index (χ0) is 19.2. The summed E-state index contributed by atoms with van der Waals surface area (Å²) in [7, 11) is 0. The predicted molar refractivity (Wildman–Crippen MR) is 107 cm³/mol. The van der Waals surface area contributed by atoms with Crippen LogP contribution in [-0.4, -0.2) is 17.4 Å². The first-order chi connectivity index (χ1) is 13.0. The molecule has 0 saturated carbocycles. The van der Waals surface area contributed by atoms with Gasteiger partial charge >= 0.3 is 0 Å². The summed E-state index contributed by atoms with van der Waals surface area (Å²) >= 11 is 1.58. The van der Waals surface area contributed by atoms with Crippen molar-refractivity contribution in [1.29, 1.82) is 0 Å². The first-order valence-corrected chi connectivity index (χ1v) is 9.29. The van der Waals surface area contributed by atoms with E-state index in [1.165, 1.54) is 12.1 Å². The third-order valence-corrected chi connectivity index (χ3v) is 5.07. The molecule has 3 aromatic rings. The number of nitrogens with one attached hydrogen (secondary N) is 2. The normalized spacial score (nSPS) is 11.6. The van der Waals surface area contributed by atoms with Gasteiger partial charge in [0.05, 0.1) is 17.5 Å². The quantitative estimate of drug-likeness (QED) is 0.472. The van der Waals surface area contributed by atoms with Crippen molar-refractivity contribution in [3.63, 3.8) is 0 Å². The van der Waals surface area contributed by atoms with Crippen molar-refractivity contribution in [3.8, 4) is 0 Å². The summed E-state index contributed by atoms with van der Waals surface area (Å²) in [4.78, 5) is 24.0. The zero-order valence-electron chi connectivity index (χ0n) is 14.7. The topological polar surface area (TPSA) is 84.3 Å². The van der Waals surface area contributed by atoms with E-state index >= 15 is 0 Å². The number of rotatable bonds is 7. The molecule has 1 heterocycles. The van der Waals surface area contributed by atoms with Gasteiger partial charge in [-0.1, -0.05) is 42.5 Å². The fraction of sp³-hybridized carbons (Fsp3) is 0.150. The molecule has 0 unspecified atom stereocenters. The van der Waals surface area contributed by atoms with E-state index in [2.05, 4.69) is 10.6 Å². The van der Waals surface area contributed by atoms with Crippen molar-refractivity contribution in [2.45, 2.75) is 13.0 Å². The Balaban J connectivity index is 1.70. The molecule has 2 N–H and O–H groups in total. The first kappa shape index (κ1) is 18.6. The number of anilines is 1. The van der Waals surface area contributed by atoms with E-state index in [1.54, 1.807) is 17.4 Å². The summed E-state index contributed by atoms with van der Waals surface area (Å²) in [6, 6.07) is 18.0. The summed E-state index contributed by atoms with van der Waals surface area (Å²) in [5.41, 5.74) is 2.40. The van der Waals surface area contributed by atoms with Crippen LogP contribution in [0.15, 0.2) is 66.0 Å². The monoisotopic (exact) mass is 381 g/mol. The van der Waals surface area contributed by atoms with E-state index in [-0.39, 0.29) is 24.2 Å². The van der Waals surface area contributed by atoms with Gasteiger partial charge < -0.3 is 10.6 Å². The molecule has 0 fully saturated rings. The highest BCUT2D eigenvalue weighted by Gasteiger charge is 2.18. The van der Waals surface area contributed by atoms with Gasteiger partial charge in [0, 0.05) is 22.7 Å². The summed E-state index contributed by atoms with van der Waals surface area (Å²) in [6.45, 7) is 1.86. The molecule has 1 amide bonds. The zero-order valence-corrected chi connectivity index (χ0v) is 15.5. The summed E-state index contributed by atoms with van der Waals surface area (Å²) < 4.78 is 0. The van der Waals surface area contributed by atoms with Gasteiger partial charge in [-0.2, -0.15) is 0 Å². The number of nitrogens with zero attached hydrogens (tertiary/aromatic N) is 1. The van der Waals surface area contributed by atoms with Crippen LogP contribution in [0, 0.1) is 17.0 Å². The number of carbonyl (C=O) groups is 1. The molecular weight excluding hydrogens is 362 g/mol. The van der Waals surface area contributed by atoms with Gasteiger partial charge in [0.1, 0.15) is 0 Å². The van der Waals surface area contributed by atoms with Gasteiger partial charge in [-0.15, -0.1) is 11.3 Å². The van der Waals surface area contributed by atoms with Crippen LogP contribution in [0.4, 0.5) is 11.4 Å². The van der Waals surface area contributed by atoms with E-state index < -0.39 is 4.92 Å². The van der Waals surface area contributed by atoms with Crippen LogP contribution in [-0.2, 0) is 4.79 Å². The van der Waals surface area contributed by atoms with E-state index in [0.717, 1.165) is 16.0 Å². The van der Waals surface area contributed by atoms with Crippen LogP contribution < -0.4 is 10.6 Å². The smallest absolute Gasteiger partial charge is 0.271 e. The minimum atomic E-state index is -0.451. The molecule has 6 nitrogen and oxygen atoms in total. The minimum Gasteiger partial charge on any atom is -0.376 e. The molecule has 138 valence electrons. The first-order valence-electron chi connectivity index (χ1n) is 8.41. The molecule has 0 spiro atoms. The van der Waals surface area contributed by atoms with Gasteiger partial charge in [0.15, 0.2) is 0 Å². The number of nitro benzene ring substituents is 1. The second-order valence-corrected chi connectivity index (χ2v) is 7.02. The summed E-state index contributed by atoms with van der Waals surface area (Å²) in [5.74, 6) is -0.192. The molecular formula is C20H19N3O3S. The number of non-ortho nitro benzene ring substituents is 1. The van der Waals surface area contributed by atoms with Crippen LogP contribution in [0.25, 0.3) is 0 Å². The average Bonchev–Trinajstić information content (AvgIpc) is 3.20. The van der Waals surface area contributed by atoms with Gasteiger partial charge in [-0.25, -0.2) is 0 Å². The van der Waals surface area contributed by atoms with Crippen molar-refractivity contribution < 1.29 is 9.72 Å². The molecule has 2 aromatic carbocycles. The van der Waals surface area contributed by atoms with Crippen molar-refractivity contribution in [2.75, 3.05) is 11.9 Å². The second kappa shape index (κ2) is 8.46. The second-order valence-electron chi connectivity index (χ2n) is 6.04. The minimum absolute atomic E-state index is 0.00995. The average molecular weight is 381 g/mol. The lowest BCUT2D eigenvalue weighted by atomic mass is 10.1. The van der Waals surface area contributed by atoms with Gasteiger partial charge in [-0.05, 0) is 29.5 Å². The number of benzene rings is 2. The SMILES string of the molecule is Cc1ccc([N+](=O)[O-])cc1NCC(=O)N[C@@H](c1ccccc1)c1cccs1. The Morgan fingerprint density at radius 1 is 1.15 bits per heavy atom. The lowest BCUT2D eigenvalue weighted by molar-refractivity contribution is -0.384. The number of thiophene rings is 1. The number of carbonyl (C=O) groups excluding carboxylic acids is 1. The van der Waals surface area contributed by atoms with Crippen LogP contribution >= 0.6 is 11.3 Å². The molecule has 7 heteroatoms. The Bertz CT molecular complexity index is 927. The van der Waals surface area contributed by atoms with Crippen LogP contribution in [0.3, 0.4) is 0 Å². The lowest BCUT2D eigenvalue weighted by Gasteiger charge is -2.19. The highest BCUT2D eigenvalue weighted by Crippen LogP contribution is 2.26. The molecule has 27 heavy (non-hydrogen) atoms. The largest absolute Gasteiger partial charge is 0.376 e. The summed E-state index contributed by atoms with van der Waals surface area (Å²) in [5, 5.41) is 18.9. The highest BCUT2D eigenvalue weighted by molar-refractivity contribution is 7.10. The Morgan fingerprint density at radius 3 is 2.59 bits per heavy atom. The maximum absolute atomic E-state index is 12.5. The third kappa shape index (κ3) is 4.71. The Morgan fingerprint density at radius 2 is 1.93 bits per heavy atom. The fourth-order valence-corrected chi connectivity index (χ4v) is 3.52. The van der Waals surface area contributed by atoms with Crippen molar-refractivity contribution >= 4 is 28.6 Å². The number of aryl methyl sites for hydroxylation is 1. The number of nitro groups is 1. The molecule has 1 atom stereocenters. The fourth-order valence-electron chi connectivity index (χ4n) is 2.72. The maximum Gasteiger partial charge on any atom is 0.271 e. The Hall–Kier alpha value is -3.19. The summed E-state index contributed by atoms with van der Waals surface area (Å²) in [6.07, 6.45) is 0. The molecule has 1 aromatic heterocycles. The molecule has 0 aliphatic heterocycles. The number of hydrogen-bond donors (Lipinski definition) is 2. The number of amides is 1. The van der Waals surface area contributed by atoms with Gasteiger partial charge in [0.2, 0.25) is 5.91 Å². The van der Waals surface area contributed by atoms with Crippen molar-refractivity contribution in [2.24, 2.45) is 0 Å². The molecule has 0 saturated heterocycles. The molecule has 0 bridgehead atoms. The van der Waals surface area contributed by atoms with E-state index in [4.69, 9.17) is 0 Å². The maximum atomic E-state index is 12.5. The van der Waals surface area contributed by atoms with Crippen molar-refractivity contribution in [1.82, 2.24) is 5.32 Å². The standard InChI is InChI=1S/C20H19N3O3S/c1-14-9-10-16(23(25)26)12-17(14)21-13-19(24)22-20(18-8-5-11-27-18)15-6-3-2-4-7-15/h2-12,20-21H,13H2,1H3,(H,22,24)/t20-/m0/s1. The van der Waals surface area contributed by atoms with E-state index in [9.17, 15) is 14.9 Å². The molecule has 0 aliphatic rings. The third-order valence-electron chi connectivity index (χ3n) is 4.14. The van der Waals surface area contributed by atoms with Crippen molar-refractivity contribution in [3.05, 3.63) is 92.2 Å². The Labute approximate surface area is 161 Å². The Kier molecular flexibility index (Phi) is 5.83. The van der Waals surface area contributed by atoms with Gasteiger partial charge in [0.25, 0.3) is 5.69 Å². The van der Waals surface area contributed by atoms with Crippen LogP contribution in [0.2, 0.25) is 0 Å². The van der Waals surface area contributed by atoms with Gasteiger partial charge in [-0.3, -0.25) is 14.9 Å². The van der Waals surface area contributed by atoms with Crippen LogP contribution in [0.1, 0.15) is 22.0 Å². The molecule has 3 rings (SSSR count). The van der Waals surface area contributed by atoms with Crippen LogP contribution in [0.5, 0.6) is 0 Å². The predicted octanol–water partition coefficient (Wildman–Crippen LogP) is 4.28. The molecule has 0 radical (unpaired) electrons. The number of hydrogen-bond acceptors (Lipinski definition) is 5. The molecule has 0 aliphatic carbocycles. The van der Waals surface area contributed by atoms with E-state index in [1.807, 2.05) is 54.8 Å². The highest BCUT2D eigenvalue weighted by atomic mass is 32.1. The lowest BCUT2D eigenvalue weighted by Crippen LogP contribution is -2.33. The van der Waals surface area contributed by atoms with E-state index in [0.29, 0.717) is 5.69 Å².